The van der Waals surface area contributed by atoms with Gasteiger partial charge in [-0.3, -0.25) is 4.68 Å². The topological polar surface area (TPSA) is 29.9 Å². The highest BCUT2D eigenvalue weighted by Crippen LogP contribution is 2.22. The average Bonchev–Trinajstić information content (AvgIpc) is 2.53. The van der Waals surface area contributed by atoms with E-state index in [0.29, 0.717) is 0 Å². The van der Waals surface area contributed by atoms with Gasteiger partial charge in [0.05, 0.1) is 5.69 Å². The van der Waals surface area contributed by atoms with E-state index in [-0.39, 0.29) is 0 Å². The summed E-state index contributed by atoms with van der Waals surface area (Å²) in [7, 11) is 1.98. The molecule has 0 unspecified atom stereocenters. The lowest BCUT2D eigenvalue weighted by Gasteiger charge is -2.08. The van der Waals surface area contributed by atoms with Gasteiger partial charge in [0.1, 0.15) is 0 Å². The van der Waals surface area contributed by atoms with Gasteiger partial charge in [-0.25, -0.2) is 0 Å². The molecule has 90 valence electrons. The molecule has 0 amide bonds. The van der Waals surface area contributed by atoms with Crippen LogP contribution >= 0.6 is 15.9 Å². The van der Waals surface area contributed by atoms with Gasteiger partial charge in [0.2, 0.25) is 0 Å². The van der Waals surface area contributed by atoms with Crippen LogP contribution in [0.15, 0.2) is 28.7 Å². The van der Waals surface area contributed by atoms with E-state index in [0.717, 1.165) is 22.4 Å². The van der Waals surface area contributed by atoms with Crippen LogP contribution in [0.2, 0.25) is 0 Å². The number of anilines is 1. The molecule has 0 fully saturated rings. The second-order valence-electron chi connectivity index (χ2n) is 4.11. The van der Waals surface area contributed by atoms with Crippen LogP contribution in [0.4, 0.5) is 5.69 Å². The van der Waals surface area contributed by atoms with Gasteiger partial charge in [-0.05, 0) is 41.9 Å². The third-order valence-corrected chi connectivity index (χ3v) is 3.68. The van der Waals surface area contributed by atoms with Crippen LogP contribution in [0.3, 0.4) is 0 Å². The molecule has 0 aliphatic heterocycles. The molecule has 0 spiro atoms. The van der Waals surface area contributed by atoms with Crippen molar-refractivity contribution in [1.29, 1.82) is 0 Å². The first-order valence-corrected chi connectivity index (χ1v) is 6.36. The Hall–Kier alpha value is -1.29. The largest absolute Gasteiger partial charge is 0.380 e. The Labute approximate surface area is 110 Å². The third-order valence-electron chi connectivity index (χ3n) is 2.99. The fourth-order valence-corrected chi connectivity index (χ4v) is 2.29. The minimum atomic E-state index is 0.800. The van der Waals surface area contributed by atoms with Gasteiger partial charge in [0.15, 0.2) is 0 Å². The Balaban J connectivity index is 2.15. The molecule has 0 aliphatic rings. The smallest absolute Gasteiger partial charge is 0.0646 e. The molecule has 0 atom stereocenters. The van der Waals surface area contributed by atoms with Crippen molar-refractivity contribution in [2.75, 3.05) is 5.32 Å². The monoisotopic (exact) mass is 293 g/mol. The Morgan fingerprint density at radius 2 is 2.00 bits per heavy atom. The fourth-order valence-electron chi connectivity index (χ4n) is 1.86. The highest BCUT2D eigenvalue weighted by Gasteiger charge is 2.09. The van der Waals surface area contributed by atoms with E-state index in [1.54, 1.807) is 0 Å². The van der Waals surface area contributed by atoms with Crippen molar-refractivity contribution in [3.05, 3.63) is 45.7 Å². The molecule has 2 rings (SSSR count). The van der Waals surface area contributed by atoms with Gasteiger partial charge in [0.25, 0.3) is 0 Å². The van der Waals surface area contributed by atoms with Crippen LogP contribution in [0.25, 0.3) is 0 Å². The van der Waals surface area contributed by atoms with E-state index in [2.05, 4.69) is 39.3 Å². The molecule has 17 heavy (non-hydrogen) atoms. The van der Waals surface area contributed by atoms with Crippen LogP contribution in [-0.4, -0.2) is 9.78 Å². The number of rotatable bonds is 3. The highest BCUT2D eigenvalue weighted by molar-refractivity contribution is 9.10. The lowest BCUT2D eigenvalue weighted by atomic mass is 10.2. The minimum absolute atomic E-state index is 0.800. The molecule has 0 bridgehead atoms. The fraction of sp³-hybridized carbons (Fsp3) is 0.308. The zero-order valence-electron chi connectivity index (χ0n) is 10.3. The normalized spacial score (nSPS) is 10.6. The van der Waals surface area contributed by atoms with Crippen molar-refractivity contribution in [3.63, 3.8) is 0 Å². The maximum absolute atomic E-state index is 4.41. The molecule has 4 heteroatoms. The Kier molecular flexibility index (Phi) is 3.52. The molecule has 0 saturated heterocycles. The van der Waals surface area contributed by atoms with Crippen LogP contribution in [0, 0.1) is 13.8 Å². The van der Waals surface area contributed by atoms with Gasteiger partial charge in [-0.1, -0.05) is 12.1 Å². The van der Waals surface area contributed by atoms with Crippen LogP contribution in [0.5, 0.6) is 0 Å². The number of halogens is 1. The summed E-state index contributed by atoms with van der Waals surface area (Å²) in [5.41, 5.74) is 4.67. The van der Waals surface area contributed by atoms with Crippen molar-refractivity contribution in [1.82, 2.24) is 9.78 Å². The maximum atomic E-state index is 4.41. The number of aryl methyl sites for hydroxylation is 2. The molecular weight excluding hydrogens is 278 g/mol. The van der Waals surface area contributed by atoms with Crippen LogP contribution in [0.1, 0.15) is 17.0 Å². The maximum Gasteiger partial charge on any atom is 0.0646 e. The predicted molar refractivity (Wildman–Crippen MR) is 74.2 cm³/mol. The van der Waals surface area contributed by atoms with Gasteiger partial charge in [0, 0.05) is 35.0 Å². The number of nitrogens with zero attached hydrogens (tertiary/aromatic N) is 2. The van der Waals surface area contributed by atoms with E-state index < -0.39 is 0 Å². The summed E-state index contributed by atoms with van der Waals surface area (Å²) in [6, 6.07) is 8.13. The number of nitrogens with one attached hydrogen (secondary N) is 1. The van der Waals surface area contributed by atoms with E-state index in [1.165, 1.54) is 11.3 Å². The average molecular weight is 294 g/mol. The van der Waals surface area contributed by atoms with Gasteiger partial charge in [-0.15, -0.1) is 0 Å². The molecule has 1 aromatic heterocycles. The molecular formula is C13H16BrN3. The number of hydrogen-bond donors (Lipinski definition) is 1. The van der Waals surface area contributed by atoms with Gasteiger partial charge < -0.3 is 5.32 Å². The van der Waals surface area contributed by atoms with Crippen molar-refractivity contribution < 1.29 is 0 Å². The van der Waals surface area contributed by atoms with Crippen molar-refractivity contribution in [3.8, 4) is 0 Å². The summed E-state index contributed by atoms with van der Waals surface area (Å²) in [6.07, 6.45) is 0. The summed E-state index contributed by atoms with van der Waals surface area (Å²) in [6.45, 7) is 4.94. The van der Waals surface area contributed by atoms with Crippen molar-refractivity contribution in [2.45, 2.75) is 20.4 Å². The second-order valence-corrected chi connectivity index (χ2v) is 4.96. The molecule has 3 nitrogen and oxygen atoms in total. The second kappa shape index (κ2) is 4.92. The third kappa shape index (κ3) is 2.52. The lowest BCUT2D eigenvalue weighted by Crippen LogP contribution is -2.02. The highest BCUT2D eigenvalue weighted by atomic mass is 79.9. The lowest BCUT2D eigenvalue weighted by molar-refractivity contribution is 0.730. The van der Waals surface area contributed by atoms with Crippen LogP contribution < -0.4 is 5.32 Å². The first-order chi connectivity index (χ1) is 8.09. The first-order valence-electron chi connectivity index (χ1n) is 5.57. The standard InChI is InChI=1S/C13H16BrN3/c1-9-11(10(2)17(3)16-9)8-15-13-7-5-4-6-12(13)14/h4-7,15H,8H2,1-3H3. The first kappa shape index (κ1) is 12.2. The molecule has 0 aliphatic carbocycles. The summed E-state index contributed by atoms with van der Waals surface area (Å²) in [4.78, 5) is 0. The number of aromatic nitrogens is 2. The zero-order valence-corrected chi connectivity index (χ0v) is 11.9. The van der Waals surface area contributed by atoms with Crippen LogP contribution in [-0.2, 0) is 13.6 Å². The number of hydrogen-bond acceptors (Lipinski definition) is 2. The van der Waals surface area contributed by atoms with Crippen molar-refractivity contribution >= 4 is 21.6 Å². The number of benzene rings is 1. The molecule has 2 aromatic rings. The molecule has 0 radical (unpaired) electrons. The van der Waals surface area contributed by atoms with E-state index in [9.17, 15) is 0 Å². The Morgan fingerprint density at radius 1 is 1.29 bits per heavy atom. The minimum Gasteiger partial charge on any atom is -0.380 e. The Bertz CT molecular complexity index is 531. The molecule has 1 aromatic carbocycles. The number of para-hydroxylation sites is 1. The zero-order chi connectivity index (χ0) is 12.4. The summed E-state index contributed by atoms with van der Waals surface area (Å²) in [5, 5.41) is 7.83. The van der Waals surface area contributed by atoms with Gasteiger partial charge >= 0.3 is 0 Å². The van der Waals surface area contributed by atoms with E-state index >= 15 is 0 Å². The summed E-state index contributed by atoms with van der Waals surface area (Å²) in [5.74, 6) is 0. The van der Waals surface area contributed by atoms with Gasteiger partial charge in [-0.2, -0.15) is 5.10 Å². The summed E-state index contributed by atoms with van der Waals surface area (Å²) >= 11 is 3.53. The Morgan fingerprint density at radius 3 is 2.59 bits per heavy atom. The SMILES string of the molecule is Cc1nn(C)c(C)c1CNc1ccccc1Br. The van der Waals surface area contributed by atoms with E-state index in [4.69, 9.17) is 0 Å². The molecule has 0 saturated carbocycles. The summed E-state index contributed by atoms with van der Waals surface area (Å²) < 4.78 is 3.01. The van der Waals surface area contributed by atoms with Crippen molar-refractivity contribution in [2.24, 2.45) is 7.05 Å². The predicted octanol–water partition coefficient (Wildman–Crippen LogP) is 3.41. The molecule has 1 heterocycles. The van der Waals surface area contributed by atoms with E-state index in [1.807, 2.05) is 36.9 Å². The molecule has 1 N–H and O–H groups in total. The quantitative estimate of drug-likeness (QED) is 0.940.